The van der Waals surface area contributed by atoms with Crippen LogP contribution < -0.4 is 20.8 Å². The number of aliphatic hydroxyl groups excluding tert-OH is 1. The number of rotatable bonds is 4. The van der Waals surface area contributed by atoms with E-state index in [1.807, 2.05) is 0 Å². The van der Waals surface area contributed by atoms with Crippen molar-refractivity contribution in [2.24, 2.45) is 0 Å². The lowest BCUT2D eigenvalue weighted by atomic mass is 10.3. The number of aliphatic hydroxyl groups is 1. The highest BCUT2D eigenvalue weighted by molar-refractivity contribution is 6.37. The van der Waals surface area contributed by atoms with Gasteiger partial charge < -0.3 is 9.84 Å². The molecule has 1 aliphatic rings. The standard InChI is InChI=1S/C10H12Cl2N4O3/c1-19-9-5-8(6(11)4-7(9)12)16-10(18)15(2-3-17)13-14-16/h4-5,13-14,17H,2-3H2,1H3. The number of urea groups is 1. The zero-order valence-corrected chi connectivity index (χ0v) is 11.5. The average Bonchev–Trinajstić information content (AvgIpc) is 2.72. The van der Waals surface area contributed by atoms with Crippen LogP contribution in [0.1, 0.15) is 0 Å². The van der Waals surface area contributed by atoms with Gasteiger partial charge in [-0.15, -0.1) is 11.1 Å². The summed E-state index contributed by atoms with van der Waals surface area (Å²) in [6, 6.07) is 2.63. The SMILES string of the molecule is COc1cc(N2NNN(CCO)C2=O)c(Cl)cc1Cl. The highest BCUT2D eigenvalue weighted by Crippen LogP contribution is 2.36. The number of halogens is 2. The number of β-amino-alcohol motifs (C(OH)–C–C–N with tert-alkyl or cyclic N) is 1. The normalized spacial score (nSPS) is 15.3. The van der Waals surface area contributed by atoms with Crippen LogP contribution in [0.2, 0.25) is 10.0 Å². The van der Waals surface area contributed by atoms with Gasteiger partial charge in [-0.2, -0.15) is 0 Å². The highest BCUT2D eigenvalue weighted by Gasteiger charge is 2.31. The van der Waals surface area contributed by atoms with E-state index in [1.54, 1.807) is 6.07 Å². The summed E-state index contributed by atoms with van der Waals surface area (Å²) in [6.45, 7) is -0.0173. The Morgan fingerprint density at radius 3 is 2.68 bits per heavy atom. The Bertz CT molecular complexity index is 500. The maximum absolute atomic E-state index is 12.0. The Morgan fingerprint density at radius 1 is 1.32 bits per heavy atom. The summed E-state index contributed by atoms with van der Waals surface area (Å²) in [5.41, 5.74) is 5.63. The summed E-state index contributed by atoms with van der Waals surface area (Å²) < 4.78 is 5.08. The number of amides is 2. The number of nitrogens with zero attached hydrogens (tertiary/aromatic N) is 2. The van der Waals surface area contributed by atoms with Gasteiger partial charge in [0.25, 0.3) is 0 Å². The minimum atomic E-state index is -0.402. The Kier molecular flexibility index (Phi) is 4.33. The molecule has 0 aromatic heterocycles. The van der Waals surface area contributed by atoms with Crippen LogP contribution in [0, 0.1) is 0 Å². The van der Waals surface area contributed by atoms with E-state index in [2.05, 4.69) is 11.1 Å². The molecule has 2 amide bonds. The molecule has 0 saturated carbocycles. The van der Waals surface area contributed by atoms with Gasteiger partial charge in [0.15, 0.2) is 0 Å². The molecule has 1 fully saturated rings. The van der Waals surface area contributed by atoms with Crippen LogP contribution in [0.3, 0.4) is 0 Å². The van der Waals surface area contributed by atoms with Gasteiger partial charge in [0.05, 0.1) is 36.0 Å². The molecule has 7 nitrogen and oxygen atoms in total. The van der Waals surface area contributed by atoms with E-state index >= 15 is 0 Å². The quantitative estimate of drug-likeness (QED) is 0.778. The summed E-state index contributed by atoms with van der Waals surface area (Å²) >= 11 is 12.0. The molecule has 3 N–H and O–H groups in total. The number of nitrogens with one attached hydrogen (secondary N) is 2. The van der Waals surface area contributed by atoms with Gasteiger partial charge in [0.1, 0.15) is 5.75 Å². The predicted molar refractivity (Wildman–Crippen MR) is 71.0 cm³/mol. The van der Waals surface area contributed by atoms with E-state index in [1.165, 1.54) is 23.2 Å². The molecule has 0 atom stereocenters. The molecule has 1 saturated heterocycles. The topological polar surface area (TPSA) is 77.1 Å². The lowest BCUT2D eigenvalue weighted by molar-refractivity contribution is 0.170. The smallest absolute Gasteiger partial charge is 0.355 e. The molecule has 0 aliphatic carbocycles. The Morgan fingerprint density at radius 2 is 2.05 bits per heavy atom. The summed E-state index contributed by atoms with van der Waals surface area (Å²) in [5.74, 6) is 0.399. The van der Waals surface area contributed by atoms with E-state index in [4.69, 9.17) is 33.0 Å². The van der Waals surface area contributed by atoms with Crippen molar-refractivity contribution < 1.29 is 14.6 Å². The van der Waals surface area contributed by atoms with Crippen LogP contribution in [0.4, 0.5) is 10.5 Å². The summed E-state index contributed by atoms with van der Waals surface area (Å²) in [4.78, 5) is 12.0. The second-order valence-corrected chi connectivity index (χ2v) is 4.47. The van der Waals surface area contributed by atoms with Crippen LogP contribution in [0.15, 0.2) is 12.1 Å². The first-order valence-corrected chi connectivity index (χ1v) is 6.11. The minimum Gasteiger partial charge on any atom is -0.495 e. The van der Waals surface area contributed by atoms with Gasteiger partial charge in [-0.1, -0.05) is 23.2 Å². The number of benzene rings is 1. The van der Waals surface area contributed by atoms with Crippen LogP contribution in [-0.4, -0.2) is 36.4 Å². The van der Waals surface area contributed by atoms with Gasteiger partial charge in [0, 0.05) is 6.07 Å². The molecule has 9 heteroatoms. The molecular weight excluding hydrogens is 295 g/mol. The Balaban J connectivity index is 2.30. The first kappa shape index (κ1) is 14.2. The van der Waals surface area contributed by atoms with Gasteiger partial charge in [-0.3, -0.25) is 0 Å². The highest BCUT2D eigenvalue weighted by atomic mass is 35.5. The molecule has 1 aromatic carbocycles. The number of anilines is 1. The number of carbonyl (C=O) groups excluding carboxylic acids is 1. The first-order valence-electron chi connectivity index (χ1n) is 5.35. The van der Waals surface area contributed by atoms with Crippen molar-refractivity contribution in [1.82, 2.24) is 16.1 Å². The molecule has 0 spiro atoms. The summed E-state index contributed by atoms with van der Waals surface area (Å²) in [7, 11) is 1.47. The predicted octanol–water partition coefficient (Wildman–Crippen LogP) is 1.16. The van der Waals surface area contributed by atoms with Gasteiger partial charge in [0.2, 0.25) is 0 Å². The molecular formula is C10H12Cl2N4O3. The van der Waals surface area contributed by atoms with E-state index in [0.29, 0.717) is 21.5 Å². The van der Waals surface area contributed by atoms with Crippen molar-refractivity contribution >= 4 is 34.9 Å². The van der Waals surface area contributed by atoms with Gasteiger partial charge in [-0.05, 0) is 6.07 Å². The third-order valence-electron chi connectivity index (χ3n) is 2.50. The third-order valence-corrected chi connectivity index (χ3v) is 3.10. The molecule has 2 rings (SSSR count). The number of carbonyl (C=O) groups is 1. The van der Waals surface area contributed by atoms with Crippen LogP contribution in [0.25, 0.3) is 0 Å². The van der Waals surface area contributed by atoms with E-state index in [-0.39, 0.29) is 13.2 Å². The Hall–Kier alpha value is -1.25. The van der Waals surface area contributed by atoms with E-state index in [0.717, 1.165) is 0 Å². The zero-order chi connectivity index (χ0) is 14.0. The lowest BCUT2D eigenvalue weighted by Crippen LogP contribution is -2.39. The minimum absolute atomic E-state index is 0.144. The number of hydrogen-bond acceptors (Lipinski definition) is 5. The summed E-state index contributed by atoms with van der Waals surface area (Å²) in [6.07, 6.45) is 0. The number of hydrazine groups is 3. The van der Waals surface area contributed by atoms with Crippen molar-refractivity contribution in [1.29, 1.82) is 0 Å². The molecule has 1 aliphatic heterocycles. The third kappa shape index (κ3) is 2.70. The lowest BCUT2D eigenvalue weighted by Gasteiger charge is -2.17. The number of ether oxygens (including phenoxy) is 1. The van der Waals surface area contributed by atoms with Crippen molar-refractivity contribution in [3.8, 4) is 5.75 Å². The second kappa shape index (κ2) is 5.81. The van der Waals surface area contributed by atoms with Crippen molar-refractivity contribution in [3.05, 3.63) is 22.2 Å². The van der Waals surface area contributed by atoms with Crippen molar-refractivity contribution in [2.75, 3.05) is 25.3 Å². The maximum atomic E-state index is 12.0. The summed E-state index contributed by atoms with van der Waals surface area (Å²) in [5, 5.41) is 11.9. The van der Waals surface area contributed by atoms with E-state index in [9.17, 15) is 4.79 Å². The molecule has 0 bridgehead atoms. The molecule has 104 valence electrons. The molecule has 0 unspecified atom stereocenters. The molecule has 19 heavy (non-hydrogen) atoms. The number of methoxy groups -OCH3 is 1. The first-order chi connectivity index (χ1) is 9.08. The fraction of sp³-hybridized carbons (Fsp3) is 0.300. The maximum Gasteiger partial charge on any atom is 0.355 e. The van der Waals surface area contributed by atoms with Crippen LogP contribution in [-0.2, 0) is 0 Å². The van der Waals surface area contributed by atoms with Crippen LogP contribution in [0.5, 0.6) is 5.75 Å². The Labute approximate surface area is 119 Å². The molecule has 1 aromatic rings. The van der Waals surface area contributed by atoms with E-state index < -0.39 is 6.03 Å². The van der Waals surface area contributed by atoms with Gasteiger partial charge in [-0.25, -0.2) is 14.8 Å². The van der Waals surface area contributed by atoms with Crippen molar-refractivity contribution in [3.63, 3.8) is 0 Å². The van der Waals surface area contributed by atoms with Gasteiger partial charge >= 0.3 is 6.03 Å². The van der Waals surface area contributed by atoms with Crippen LogP contribution >= 0.6 is 23.2 Å². The zero-order valence-electron chi connectivity index (χ0n) is 9.98. The molecule has 1 heterocycles. The fourth-order valence-electron chi connectivity index (χ4n) is 1.59. The largest absolute Gasteiger partial charge is 0.495 e. The van der Waals surface area contributed by atoms with Crippen molar-refractivity contribution in [2.45, 2.75) is 0 Å². The molecule has 0 radical (unpaired) electrons. The second-order valence-electron chi connectivity index (χ2n) is 3.66. The fourth-order valence-corrected chi connectivity index (χ4v) is 2.13. The number of hydrogen-bond donors (Lipinski definition) is 3. The monoisotopic (exact) mass is 306 g/mol. The average molecular weight is 307 g/mol.